The molecule has 1 rings (SSSR count). The zero-order valence-electron chi connectivity index (χ0n) is 7.72. The molecule has 14 heavy (non-hydrogen) atoms. The van der Waals surface area contributed by atoms with Gasteiger partial charge in [-0.15, -0.1) is 0 Å². The molecule has 0 radical (unpaired) electrons. The average Bonchev–Trinajstić information content (AvgIpc) is 2.70. The van der Waals surface area contributed by atoms with Crippen molar-refractivity contribution in [3.05, 3.63) is 22.4 Å². The zero-order chi connectivity index (χ0) is 10.6. The monoisotopic (exact) mass is 339 g/mol. The first-order valence-electron chi connectivity index (χ1n) is 4.08. The fraction of sp³-hybridized carbons (Fsp3) is 0.444. The van der Waals surface area contributed by atoms with Gasteiger partial charge in [-0.25, -0.2) is 0 Å². The minimum absolute atomic E-state index is 0.0207. The van der Waals surface area contributed by atoms with E-state index in [2.05, 4.69) is 37.2 Å². The number of amides is 1. The maximum Gasteiger partial charge on any atom is 0.252 e. The van der Waals surface area contributed by atoms with Crippen LogP contribution in [0, 0.1) is 0 Å². The Kier molecular flexibility index (Phi) is 4.60. The Hall–Kier alpha value is 0.130. The molecule has 5 heteroatoms. The summed E-state index contributed by atoms with van der Waals surface area (Å²) in [6.45, 7) is 1.99. The molecule has 0 aliphatic rings. The van der Waals surface area contributed by atoms with Gasteiger partial charge in [-0.05, 0) is 18.4 Å². The number of halogens is 2. The molecule has 0 unspecified atom stereocenters. The van der Waals surface area contributed by atoms with Gasteiger partial charge in [0.25, 0.3) is 5.91 Å². The highest BCUT2D eigenvalue weighted by molar-refractivity contribution is 9.09. The summed E-state index contributed by atoms with van der Waals surface area (Å²) in [5.74, 6) is -0.0207. The van der Waals surface area contributed by atoms with Crippen molar-refractivity contribution in [1.29, 1.82) is 0 Å². The molecular formula is C9H11Br2NOS. The van der Waals surface area contributed by atoms with E-state index in [-0.39, 0.29) is 11.4 Å². The van der Waals surface area contributed by atoms with Gasteiger partial charge < -0.3 is 5.32 Å². The van der Waals surface area contributed by atoms with E-state index >= 15 is 0 Å². The third-order valence-electron chi connectivity index (χ3n) is 1.79. The van der Waals surface area contributed by atoms with E-state index in [1.165, 1.54) is 11.3 Å². The zero-order valence-corrected chi connectivity index (χ0v) is 11.7. The molecule has 0 spiro atoms. The van der Waals surface area contributed by atoms with E-state index in [0.29, 0.717) is 0 Å². The smallest absolute Gasteiger partial charge is 0.252 e. The van der Waals surface area contributed by atoms with Crippen molar-refractivity contribution in [1.82, 2.24) is 5.32 Å². The van der Waals surface area contributed by atoms with Crippen LogP contribution in [0.2, 0.25) is 0 Å². The van der Waals surface area contributed by atoms with Gasteiger partial charge in [0.15, 0.2) is 0 Å². The van der Waals surface area contributed by atoms with Gasteiger partial charge in [0.05, 0.1) is 11.1 Å². The first-order valence-corrected chi connectivity index (χ1v) is 7.26. The lowest BCUT2D eigenvalue weighted by molar-refractivity contribution is 0.0923. The number of carbonyl (C=O) groups excluding carboxylic acids is 1. The predicted octanol–water partition coefficient (Wildman–Crippen LogP) is 3.03. The van der Waals surface area contributed by atoms with Crippen LogP contribution in [-0.2, 0) is 0 Å². The summed E-state index contributed by atoms with van der Waals surface area (Å²) in [6.07, 6.45) is 0. The van der Waals surface area contributed by atoms with E-state index in [1.54, 1.807) is 0 Å². The number of nitrogens with one attached hydrogen (secondary N) is 1. The third kappa shape index (κ3) is 3.07. The van der Waals surface area contributed by atoms with Gasteiger partial charge in [-0.2, -0.15) is 11.3 Å². The largest absolute Gasteiger partial charge is 0.345 e. The van der Waals surface area contributed by atoms with Crippen LogP contribution >= 0.6 is 43.2 Å². The Morgan fingerprint density at radius 3 is 2.64 bits per heavy atom. The minimum Gasteiger partial charge on any atom is -0.345 e. The molecule has 1 N–H and O–H groups in total. The summed E-state index contributed by atoms with van der Waals surface area (Å²) in [7, 11) is 0. The molecule has 0 aromatic carbocycles. The molecule has 0 saturated carbocycles. The van der Waals surface area contributed by atoms with E-state index in [1.807, 2.05) is 23.8 Å². The second-order valence-corrected chi connectivity index (χ2v) is 5.20. The summed E-state index contributed by atoms with van der Waals surface area (Å²) in [6, 6.07) is 1.82. The lowest BCUT2D eigenvalue weighted by Crippen LogP contribution is -2.48. The highest BCUT2D eigenvalue weighted by Crippen LogP contribution is 2.13. The van der Waals surface area contributed by atoms with Crippen molar-refractivity contribution < 1.29 is 4.79 Å². The molecular weight excluding hydrogens is 330 g/mol. The Morgan fingerprint density at radius 2 is 2.21 bits per heavy atom. The predicted molar refractivity (Wildman–Crippen MR) is 67.8 cm³/mol. The van der Waals surface area contributed by atoms with Gasteiger partial charge >= 0.3 is 0 Å². The van der Waals surface area contributed by atoms with Crippen molar-refractivity contribution in [3.8, 4) is 0 Å². The van der Waals surface area contributed by atoms with E-state index in [4.69, 9.17) is 0 Å². The first-order chi connectivity index (χ1) is 6.61. The number of alkyl halides is 2. The van der Waals surface area contributed by atoms with Crippen LogP contribution in [-0.4, -0.2) is 22.1 Å². The quantitative estimate of drug-likeness (QED) is 0.839. The molecule has 2 nitrogen and oxygen atoms in total. The summed E-state index contributed by atoms with van der Waals surface area (Å²) < 4.78 is 0. The number of hydrogen-bond donors (Lipinski definition) is 1. The fourth-order valence-electron chi connectivity index (χ4n) is 0.842. The second-order valence-electron chi connectivity index (χ2n) is 3.29. The van der Waals surface area contributed by atoms with Crippen LogP contribution < -0.4 is 5.32 Å². The van der Waals surface area contributed by atoms with Crippen LogP contribution in [0.4, 0.5) is 0 Å². The van der Waals surface area contributed by atoms with Crippen LogP contribution in [0.3, 0.4) is 0 Å². The molecule has 0 aliphatic heterocycles. The number of hydrogen-bond acceptors (Lipinski definition) is 2. The third-order valence-corrected chi connectivity index (χ3v) is 4.95. The number of thiophene rings is 1. The van der Waals surface area contributed by atoms with Gasteiger partial charge in [-0.3, -0.25) is 4.79 Å². The van der Waals surface area contributed by atoms with Gasteiger partial charge in [-0.1, -0.05) is 31.9 Å². The fourth-order valence-corrected chi connectivity index (χ4v) is 2.69. The van der Waals surface area contributed by atoms with E-state index in [9.17, 15) is 4.79 Å². The highest BCUT2D eigenvalue weighted by atomic mass is 79.9. The standard InChI is InChI=1S/C9H11Br2NOS/c1-9(5-10,6-11)12-8(13)7-2-3-14-4-7/h2-4H,5-6H2,1H3,(H,12,13). The Morgan fingerprint density at radius 1 is 1.57 bits per heavy atom. The van der Waals surface area contributed by atoms with Crippen LogP contribution in [0.25, 0.3) is 0 Å². The average molecular weight is 341 g/mol. The van der Waals surface area contributed by atoms with Gasteiger partial charge in [0.2, 0.25) is 0 Å². The Bertz CT molecular complexity index is 296. The minimum atomic E-state index is -0.237. The van der Waals surface area contributed by atoms with Crippen molar-refractivity contribution >= 4 is 49.1 Å². The summed E-state index contributed by atoms with van der Waals surface area (Å²) in [5, 5.41) is 8.16. The normalized spacial score (nSPS) is 11.4. The molecule has 0 fully saturated rings. The first kappa shape index (κ1) is 12.2. The number of carbonyl (C=O) groups is 1. The van der Waals surface area contributed by atoms with Crippen molar-refractivity contribution in [3.63, 3.8) is 0 Å². The molecule has 0 atom stereocenters. The summed E-state index contributed by atoms with van der Waals surface area (Å²) >= 11 is 8.29. The summed E-state index contributed by atoms with van der Waals surface area (Å²) in [4.78, 5) is 11.7. The Labute approximate surface area is 104 Å². The maximum atomic E-state index is 11.7. The highest BCUT2D eigenvalue weighted by Gasteiger charge is 2.24. The molecule has 1 aromatic heterocycles. The molecule has 0 bridgehead atoms. The molecule has 1 amide bonds. The lowest BCUT2D eigenvalue weighted by Gasteiger charge is -2.26. The molecule has 1 aromatic rings. The van der Waals surface area contributed by atoms with Crippen LogP contribution in [0.15, 0.2) is 16.8 Å². The Balaban J connectivity index is 2.65. The van der Waals surface area contributed by atoms with Crippen molar-refractivity contribution in [2.24, 2.45) is 0 Å². The maximum absolute atomic E-state index is 11.7. The van der Waals surface area contributed by atoms with E-state index in [0.717, 1.165) is 16.2 Å². The molecule has 0 aliphatic carbocycles. The van der Waals surface area contributed by atoms with Crippen molar-refractivity contribution in [2.75, 3.05) is 10.7 Å². The lowest BCUT2D eigenvalue weighted by atomic mass is 10.1. The van der Waals surface area contributed by atoms with Gasteiger partial charge in [0, 0.05) is 16.0 Å². The van der Waals surface area contributed by atoms with Gasteiger partial charge in [0.1, 0.15) is 0 Å². The number of rotatable bonds is 4. The van der Waals surface area contributed by atoms with Crippen molar-refractivity contribution in [2.45, 2.75) is 12.5 Å². The molecule has 78 valence electrons. The topological polar surface area (TPSA) is 29.1 Å². The van der Waals surface area contributed by atoms with Crippen LogP contribution in [0.5, 0.6) is 0 Å². The second kappa shape index (κ2) is 5.28. The summed E-state index contributed by atoms with van der Waals surface area (Å²) in [5.41, 5.74) is 0.488. The molecule has 0 saturated heterocycles. The van der Waals surface area contributed by atoms with Crippen LogP contribution in [0.1, 0.15) is 17.3 Å². The molecule has 1 heterocycles. The SMILES string of the molecule is CC(CBr)(CBr)NC(=O)c1ccsc1. The van der Waals surface area contributed by atoms with E-state index < -0.39 is 0 Å².